The van der Waals surface area contributed by atoms with E-state index in [0.717, 1.165) is 5.56 Å². The number of nitrogen functional groups attached to an aromatic ring is 1. The van der Waals surface area contributed by atoms with E-state index in [1.807, 2.05) is 12.1 Å². The molecule has 138 valence electrons. The summed E-state index contributed by atoms with van der Waals surface area (Å²) in [6.07, 6.45) is 0.637. The van der Waals surface area contributed by atoms with Crippen molar-refractivity contribution in [3.05, 3.63) is 57.6 Å². The summed E-state index contributed by atoms with van der Waals surface area (Å²) >= 11 is 11.7. The molecule has 8 heteroatoms. The monoisotopic (exact) mass is 396 g/mol. The predicted octanol–water partition coefficient (Wildman–Crippen LogP) is 3.10. The number of carbonyl (C=O) groups excluding carboxylic acids is 2. The molecular weight excluding hydrogens is 379 g/mol. The summed E-state index contributed by atoms with van der Waals surface area (Å²) in [6.45, 7) is -0.000360. The van der Waals surface area contributed by atoms with Crippen molar-refractivity contribution in [3.8, 4) is 5.75 Å². The molecule has 6 nitrogen and oxygen atoms in total. The number of amides is 1. The number of anilines is 1. The molecule has 0 unspecified atom stereocenters. The van der Waals surface area contributed by atoms with Gasteiger partial charge in [-0.3, -0.25) is 4.79 Å². The second kappa shape index (κ2) is 9.31. The van der Waals surface area contributed by atoms with Gasteiger partial charge in [0.05, 0.1) is 17.8 Å². The molecule has 0 spiro atoms. The largest absolute Gasteiger partial charge is 0.496 e. The maximum absolute atomic E-state index is 12.1. The average Bonchev–Trinajstić information content (AvgIpc) is 2.63. The van der Waals surface area contributed by atoms with E-state index < -0.39 is 18.5 Å². The van der Waals surface area contributed by atoms with Gasteiger partial charge in [0.2, 0.25) is 0 Å². The molecule has 0 aliphatic rings. The number of nitrogens with two attached hydrogens (primary N) is 1. The summed E-state index contributed by atoms with van der Waals surface area (Å²) in [6, 6.07) is 10.1. The third-order valence-electron chi connectivity index (χ3n) is 3.52. The Bertz CT molecular complexity index is 795. The minimum absolute atomic E-state index is 0.0978. The van der Waals surface area contributed by atoms with Crippen molar-refractivity contribution in [2.75, 3.05) is 26.0 Å². The van der Waals surface area contributed by atoms with Crippen LogP contribution < -0.4 is 15.8 Å². The zero-order chi connectivity index (χ0) is 19.1. The maximum Gasteiger partial charge on any atom is 0.342 e. The van der Waals surface area contributed by atoms with E-state index in [1.54, 1.807) is 12.1 Å². The van der Waals surface area contributed by atoms with Gasteiger partial charge in [-0.2, -0.15) is 0 Å². The lowest BCUT2D eigenvalue weighted by Gasteiger charge is -2.11. The molecule has 26 heavy (non-hydrogen) atoms. The first-order chi connectivity index (χ1) is 12.4. The number of esters is 1. The number of carbonyl (C=O) groups is 2. The highest BCUT2D eigenvalue weighted by Crippen LogP contribution is 2.29. The molecule has 0 aromatic heterocycles. The fourth-order valence-corrected chi connectivity index (χ4v) is 2.44. The van der Waals surface area contributed by atoms with E-state index in [-0.39, 0.29) is 22.0 Å². The van der Waals surface area contributed by atoms with Crippen LogP contribution in [0.4, 0.5) is 5.69 Å². The molecule has 0 aliphatic carbocycles. The number of methoxy groups -OCH3 is 1. The molecule has 0 heterocycles. The number of hydrogen-bond acceptors (Lipinski definition) is 5. The van der Waals surface area contributed by atoms with Crippen LogP contribution in [0.5, 0.6) is 5.75 Å². The van der Waals surface area contributed by atoms with Gasteiger partial charge in [0, 0.05) is 17.6 Å². The van der Waals surface area contributed by atoms with E-state index in [9.17, 15) is 9.59 Å². The van der Waals surface area contributed by atoms with Crippen molar-refractivity contribution >= 4 is 40.8 Å². The third kappa shape index (κ3) is 5.54. The lowest BCUT2D eigenvalue weighted by molar-refractivity contribution is -0.124. The molecule has 0 bridgehead atoms. The highest BCUT2D eigenvalue weighted by atomic mass is 35.5. The molecule has 2 rings (SSSR count). The van der Waals surface area contributed by atoms with Crippen LogP contribution in [0, 0.1) is 0 Å². The van der Waals surface area contributed by atoms with Crippen molar-refractivity contribution in [3.63, 3.8) is 0 Å². The van der Waals surface area contributed by atoms with Gasteiger partial charge >= 0.3 is 5.97 Å². The Morgan fingerprint density at radius 1 is 1.15 bits per heavy atom. The summed E-state index contributed by atoms with van der Waals surface area (Å²) in [5, 5.41) is 3.53. The molecule has 0 fully saturated rings. The SMILES string of the molecule is COc1cc(N)c(Cl)cc1C(=O)OCC(=O)NCCc1ccc(Cl)cc1. The smallest absolute Gasteiger partial charge is 0.342 e. The average molecular weight is 397 g/mol. The number of benzene rings is 2. The quantitative estimate of drug-likeness (QED) is 0.554. The highest BCUT2D eigenvalue weighted by Gasteiger charge is 2.17. The van der Waals surface area contributed by atoms with E-state index in [4.69, 9.17) is 38.4 Å². The van der Waals surface area contributed by atoms with Crippen LogP contribution in [0.15, 0.2) is 36.4 Å². The summed E-state index contributed by atoms with van der Waals surface area (Å²) in [7, 11) is 1.39. The molecular formula is C18H18Cl2N2O4. The van der Waals surface area contributed by atoms with Crippen molar-refractivity contribution in [1.29, 1.82) is 0 Å². The fraction of sp³-hybridized carbons (Fsp3) is 0.222. The molecule has 1 amide bonds. The first kappa shape index (κ1) is 19.9. The minimum atomic E-state index is -0.725. The summed E-state index contributed by atoms with van der Waals surface area (Å²) in [4.78, 5) is 23.9. The maximum atomic E-state index is 12.1. The van der Waals surface area contributed by atoms with Gasteiger partial charge in [-0.25, -0.2) is 4.79 Å². The Balaban J connectivity index is 1.82. The van der Waals surface area contributed by atoms with Crippen LogP contribution in [-0.4, -0.2) is 32.1 Å². The summed E-state index contributed by atoms with van der Waals surface area (Å²) in [5.74, 6) is -0.913. The van der Waals surface area contributed by atoms with Crippen LogP contribution in [0.3, 0.4) is 0 Å². The van der Waals surface area contributed by atoms with E-state index in [2.05, 4.69) is 5.32 Å². The van der Waals surface area contributed by atoms with Gasteiger partial charge in [0.1, 0.15) is 11.3 Å². The van der Waals surface area contributed by atoms with Gasteiger partial charge < -0.3 is 20.5 Å². The Morgan fingerprint density at radius 2 is 1.85 bits per heavy atom. The number of nitrogens with one attached hydrogen (secondary N) is 1. The molecule has 3 N–H and O–H groups in total. The van der Waals surface area contributed by atoms with Gasteiger partial charge in [0.25, 0.3) is 5.91 Å². The third-order valence-corrected chi connectivity index (χ3v) is 4.10. The number of halogens is 2. The van der Waals surface area contributed by atoms with Crippen molar-refractivity contribution in [1.82, 2.24) is 5.32 Å². The van der Waals surface area contributed by atoms with Gasteiger partial charge in [0.15, 0.2) is 6.61 Å². The molecule has 2 aromatic carbocycles. The number of rotatable bonds is 7. The molecule has 0 aliphatic heterocycles. The predicted molar refractivity (Wildman–Crippen MR) is 101 cm³/mol. The van der Waals surface area contributed by atoms with E-state index >= 15 is 0 Å². The lowest BCUT2D eigenvalue weighted by atomic mass is 10.1. The second-order valence-corrected chi connectivity index (χ2v) is 6.22. The minimum Gasteiger partial charge on any atom is -0.496 e. The van der Waals surface area contributed by atoms with Crippen molar-refractivity contribution in [2.45, 2.75) is 6.42 Å². The molecule has 2 aromatic rings. The Morgan fingerprint density at radius 3 is 2.50 bits per heavy atom. The first-order valence-corrected chi connectivity index (χ1v) is 8.47. The summed E-state index contributed by atoms with van der Waals surface area (Å²) in [5.41, 5.74) is 7.07. The zero-order valence-electron chi connectivity index (χ0n) is 14.1. The zero-order valence-corrected chi connectivity index (χ0v) is 15.6. The highest BCUT2D eigenvalue weighted by molar-refractivity contribution is 6.33. The summed E-state index contributed by atoms with van der Waals surface area (Å²) < 4.78 is 10.1. The Labute approximate surface area is 161 Å². The standard InChI is InChI=1S/C18H18Cl2N2O4/c1-25-16-9-15(21)14(20)8-13(16)18(24)26-10-17(23)22-7-6-11-2-4-12(19)5-3-11/h2-5,8-9H,6-7,10,21H2,1H3,(H,22,23). The molecule has 0 saturated carbocycles. The lowest BCUT2D eigenvalue weighted by Crippen LogP contribution is -2.30. The number of hydrogen-bond donors (Lipinski definition) is 2. The van der Waals surface area contributed by atoms with Crippen LogP contribution in [0.25, 0.3) is 0 Å². The van der Waals surface area contributed by atoms with E-state index in [1.165, 1.54) is 19.2 Å². The number of ether oxygens (including phenoxy) is 2. The van der Waals surface area contributed by atoms with Crippen LogP contribution in [0.2, 0.25) is 10.0 Å². The topological polar surface area (TPSA) is 90.7 Å². The molecule has 0 atom stereocenters. The fourth-order valence-electron chi connectivity index (χ4n) is 2.15. The normalized spacial score (nSPS) is 10.3. The van der Waals surface area contributed by atoms with Crippen molar-refractivity contribution in [2.24, 2.45) is 0 Å². The van der Waals surface area contributed by atoms with Crippen LogP contribution in [0.1, 0.15) is 15.9 Å². The molecule has 0 radical (unpaired) electrons. The Hall–Kier alpha value is -2.44. The molecule has 0 saturated heterocycles. The Kier molecular flexibility index (Phi) is 7.12. The van der Waals surface area contributed by atoms with Crippen LogP contribution >= 0.6 is 23.2 Å². The van der Waals surface area contributed by atoms with Gasteiger partial charge in [-0.15, -0.1) is 0 Å². The van der Waals surface area contributed by atoms with Gasteiger partial charge in [-0.05, 0) is 30.2 Å². The van der Waals surface area contributed by atoms with E-state index in [0.29, 0.717) is 18.0 Å². The van der Waals surface area contributed by atoms with Gasteiger partial charge in [-0.1, -0.05) is 35.3 Å². The second-order valence-electron chi connectivity index (χ2n) is 5.38. The van der Waals surface area contributed by atoms with Crippen LogP contribution in [-0.2, 0) is 16.0 Å². The van der Waals surface area contributed by atoms with Crippen molar-refractivity contribution < 1.29 is 19.1 Å². The first-order valence-electron chi connectivity index (χ1n) is 7.72.